The van der Waals surface area contributed by atoms with Gasteiger partial charge in [-0.3, -0.25) is 5.32 Å². The zero-order valence-electron chi connectivity index (χ0n) is 11.0. The molecule has 7 heteroatoms. The fraction of sp³-hybridized carbons (Fsp3) is 0.0714. The summed E-state index contributed by atoms with van der Waals surface area (Å²) in [6.45, 7) is 0. The molecule has 0 heterocycles. The standard InChI is InChI=1S/C14H12F2N2O3/c1-21-13-6-12(18-14(19)20)11(17)5-9(13)8-4-7(15)2-3-10(8)16/h2-6,18H,17H2,1H3,(H,19,20). The van der Waals surface area contributed by atoms with E-state index in [1.54, 1.807) is 0 Å². The van der Waals surface area contributed by atoms with E-state index in [1.807, 2.05) is 0 Å². The molecule has 21 heavy (non-hydrogen) atoms. The van der Waals surface area contributed by atoms with Crippen molar-refractivity contribution in [3.63, 3.8) is 0 Å². The molecule has 0 radical (unpaired) electrons. The Balaban J connectivity index is 2.61. The summed E-state index contributed by atoms with van der Waals surface area (Å²) in [5, 5.41) is 10.8. The van der Waals surface area contributed by atoms with Gasteiger partial charge in [0.15, 0.2) is 0 Å². The first-order valence-electron chi connectivity index (χ1n) is 5.85. The molecule has 0 unspecified atom stereocenters. The molecule has 0 saturated heterocycles. The lowest BCUT2D eigenvalue weighted by Gasteiger charge is -2.14. The summed E-state index contributed by atoms with van der Waals surface area (Å²) in [6.07, 6.45) is -1.30. The Morgan fingerprint density at radius 2 is 1.95 bits per heavy atom. The zero-order chi connectivity index (χ0) is 15.6. The maximum Gasteiger partial charge on any atom is 0.409 e. The van der Waals surface area contributed by atoms with Crippen LogP contribution in [0.1, 0.15) is 0 Å². The van der Waals surface area contributed by atoms with Crippen molar-refractivity contribution in [2.24, 2.45) is 0 Å². The number of hydrogen-bond acceptors (Lipinski definition) is 3. The van der Waals surface area contributed by atoms with Crippen LogP contribution in [0, 0.1) is 11.6 Å². The Labute approximate surface area is 119 Å². The number of anilines is 2. The number of benzene rings is 2. The summed E-state index contributed by atoms with van der Waals surface area (Å²) >= 11 is 0. The minimum atomic E-state index is -1.30. The molecule has 1 amide bonds. The minimum Gasteiger partial charge on any atom is -0.496 e. The number of nitrogen functional groups attached to an aromatic ring is 1. The van der Waals surface area contributed by atoms with Crippen LogP contribution in [0.25, 0.3) is 11.1 Å². The van der Waals surface area contributed by atoms with E-state index < -0.39 is 17.7 Å². The number of rotatable bonds is 3. The van der Waals surface area contributed by atoms with E-state index in [1.165, 1.54) is 19.2 Å². The number of carboxylic acid groups (broad SMARTS) is 1. The number of hydrogen-bond donors (Lipinski definition) is 3. The van der Waals surface area contributed by atoms with Gasteiger partial charge in [-0.15, -0.1) is 0 Å². The highest BCUT2D eigenvalue weighted by molar-refractivity contribution is 5.91. The number of amides is 1. The van der Waals surface area contributed by atoms with Gasteiger partial charge in [0.25, 0.3) is 0 Å². The van der Waals surface area contributed by atoms with Crippen LogP contribution in [0.3, 0.4) is 0 Å². The first-order chi connectivity index (χ1) is 9.92. The smallest absolute Gasteiger partial charge is 0.409 e. The molecule has 2 aromatic rings. The molecule has 0 aliphatic rings. The van der Waals surface area contributed by atoms with Gasteiger partial charge in [0.2, 0.25) is 0 Å². The molecule has 110 valence electrons. The molecule has 2 rings (SSSR count). The summed E-state index contributed by atoms with van der Waals surface area (Å²) in [5.41, 5.74) is 6.08. The summed E-state index contributed by atoms with van der Waals surface area (Å²) < 4.78 is 32.2. The third kappa shape index (κ3) is 3.02. The number of carbonyl (C=O) groups is 1. The molecule has 2 aromatic carbocycles. The number of ether oxygens (including phenoxy) is 1. The van der Waals surface area contributed by atoms with Gasteiger partial charge in [-0.25, -0.2) is 13.6 Å². The Morgan fingerprint density at radius 1 is 1.24 bits per heavy atom. The third-order valence-electron chi connectivity index (χ3n) is 2.83. The van der Waals surface area contributed by atoms with Crippen molar-refractivity contribution in [2.45, 2.75) is 0 Å². The van der Waals surface area contributed by atoms with Crippen LogP contribution in [0.15, 0.2) is 30.3 Å². The highest BCUT2D eigenvalue weighted by atomic mass is 19.1. The lowest BCUT2D eigenvalue weighted by molar-refractivity contribution is 0.210. The average Bonchev–Trinajstić information content (AvgIpc) is 2.43. The normalized spacial score (nSPS) is 10.2. The van der Waals surface area contributed by atoms with Crippen molar-refractivity contribution in [1.29, 1.82) is 0 Å². The molecule has 0 fully saturated rings. The number of nitrogens with one attached hydrogen (secondary N) is 1. The molecule has 0 aromatic heterocycles. The maximum atomic E-state index is 13.8. The quantitative estimate of drug-likeness (QED) is 0.758. The fourth-order valence-corrected chi connectivity index (χ4v) is 1.90. The van der Waals surface area contributed by atoms with Crippen LogP contribution in [0.2, 0.25) is 0 Å². The Hall–Kier alpha value is -2.83. The first kappa shape index (κ1) is 14.6. The molecule has 4 N–H and O–H groups in total. The van der Waals surface area contributed by atoms with Crippen molar-refractivity contribution in [1.82, 2.24) is 0 Å². The van der Waals surface area contributed by atoms with Gasteiger partial charge < -0.3 is 15.6 Å². The van der Waals surface area contributed by atoms with Crippen molar-refractivity contribution in [3.05, 3.63) is 42.0 Å². The van der Waals surface area contributed by atoms with Crippen LogP contribution in [-0.2, 0) is 0 Å². The van der Waals surface area contributed by atoms with Gasteiger partial charge in [0, 0.05) is 17.2 Å². The summed E-state index contributed by atoms with van der Waals surface area (Å²) in [7, 11) is 1.33. The lowest BCUT2D eigenvalue weighted by atomic mass is 10.0. The van der Waals surface area contributed by atoms with Gasteiger partial charge in [-0.2, -0.15) is 0 Å². The third-order valence-corrected chi connectivity index (χ3v) is 2.83. The van der Waals surface area contributed by atoms with E-state index in [2.05, 4.69) is 5.32 Å². The van der Waals surface area contributed by atoms with E-state index in [0.717, 1.165) is 18.2 Å². The summed E-state index contributed by atoms with van der Waals surface area (Å²) in [5.74, 6) is -1.09. The Morgan fingerprint density at radius 3 is 2.57 bits per heavy atom. The van der Waals surface area contributed by atoms with Crippen molar-refractivity contribution in [2.75, 3.05) is 18.2 Å². The molecule has 0 aliphatic carbocycles. The second-order valence-electron chi connectivity index (χ2n) is 4.19. The second-order valence-corrected chi connectivity index (χ2v) is 4.19. The van der Waals surface area contributed by atoms with Gasteiger partial charge >= 0.3 is 6.09 Å². The van der Waals surface area contributed by atoms with E-state index in [9.17, 15) is 13.6 Å². The first-order valence-corrected chi connectivity index (χ1v) is 5.85. The van der Waals surface area contributed by atoms with Crippen LogP contribution in [-0.4, -0.2) is 18.3 Å². The van der Waals surface area contributed by atoms with Crippen LogP contribution >= 0.6 is 0 Å². The van der Waals surface area contributed by atoms with Crippen LogP contribution in [0.4, 0.5) is 25.0 Å². The van der Waals surface area contributed by atoms with Crippen molar-refractivity contribution < 1.29 is 23.4 Å². The number of nitrogens with two attached hydrogens (primary N) is 1. The van der Waals surface area contributed by atoms with Gasteiger partial charge in [0.1, 0.15) is 17.4 Å². The molecule has 0 bridgehead atoms. The van der Waals surface area contributed by atoms with Crippen molar-refractivity contribution in [3.8, 4) is 16.9 Å². The van der Waals surface area contributed by atoms with E-state index in [-0.39, 0.29) is 28.3 Å². The van der Waals surface area contributed by atoms with Crippen molar-refractivity contribution >= 4 is 17.5 Å². The Bertz CT molecular complexity index is 705. The fourth-order valence-electron chi connectivity index (χ4n) is 1.90. The molecule has 0 aliphatic heterocycles. The molecule has 0 saturated carbocycles. The van der Waals surface area contributed by atoms with Gasteiger partial charge in [-0.05, 0) is 24.3 Å². The molecular weight excluding hydrogens is 282 g/mol. The van der Waals surface area contributed by atoms with E-state index in [0.29, 0.717) is 0 Å². The summed E-state index contributed by atoms with van der Waals surface area (Å²) in [4.78, 5) is 10.7. The maximum absolute atomic E-state index is 13.8. The Kier molecular flexibility index (Phi) is 3.93. The number of methoxy groups -OCH3 is 1. The van der Waals surface area contributed by atoms with E-state index >= 15 is 0 Å². The lowest BCUT2D eigenvalue weighted by Crippen LogP contribution is -2.09. The number of halogens is 2. The predicted octanol–water partition coefficient (Wildman–Crippen LogP) is 3.31. The molecule has 0 atom stereocenters. The SMILES string of the molecule is COc1cc(NC(=O)O)c(N)cc1-c1cc(F)ccc1F. The second kappa shape index (κ2) is 5.66. The highest BCUT2D eigenvalue weighted by Crippen LogP contribution is 2.37. The van der Waals surface area contributed by atoms with Crippen LogP contribution in [0.5, 0.6) is 5.75 Å². The molecule has 5 nitrogen and oxygen atoms in total. The zero-order valence-corrected chi connectivity index (χ0v) is 11.0. The van der Waals surface area contributed by atoms with Gasteiger partial charge in [0.05, 0.1) is 18.5 Å². The molecular formula is C14H12F2N2O3. The average molecular weight is 294 g/mol. The summed E-state index contributed by atoms with van der Waals surface area (Å²) in [6, 6.07) is 5.63. The monoisotopic (exact) mass is 294 g/mol. The highest BCUT2D eigenvalue weighted by Gasteiger charge is 2.15. The van der Waals surface area contributed by atoms with Crippen LogP contribution < -0.4 is 15.8 Å². The van der Waals surface area contributed by atoms with Gasteiger partial charge in [-0.1, -0.05) is 0 Å². The largest absolute Gasteiger partial charge is 0.496 e. The van der Waals surface area contributed by atoms with E-state index in [4.69, 9.17) is 15.6 Å². The topological polar surface area (TPSA) is 84.6 Å². The molecule has 0 spiro atoms. The minimum absolute atomic E-state index is 0.0274. The predicted molar refractivity (Wildman–Crippen MR) is 74.4 cm³/mol.